The topological polar surface area (TPSA) is 30.0 Å². The summed E-state index contributed by atoms with van der Waals surface area (Å²) < 4.78 is 0. The number of hydrogen-bond donors (Lipinski definition) is 0. The van der Waals surface area contributed by atoms with Gasteiger partial charge >= 0.3 is 0 Å². The zero-order valence-electron chi connectivity index (χ0n) is 9.48. The third-order valence-corrected chi connectivity index (χ3v) is 3.93. The molecule has 0 amide bonds. The average molecular weight is 298 g/mol. The Labute approximate surface area is 119 Å². The van der Waals surface area contributed by atoms with Crippen molar-refractivity contribution >= 4 is 40.7 Å². The van der Waals surface area contributed by atoms with Gasteiger partial charge in [-0.25, -0.2) is 0 Å². The van der Waals surface area contributed by atoms with Gasteiger partial charge < -0.3 is 0 Å². The molecule has 0 N–H and O–H groups in total. The van der Waals surface area contributed by atoms with Gasteiger partial charge in [0, 0.05) is 27.9 Å². The molecule has 1 heterocycles. The summed E-state index contributed by atoms with van der Waals surface area (Å²) in [5.41, 5.74) is 0.455. The van der Waals surface area contributed by atoms with E-state index in [0.717, 1.165) is 9.79 Å². The van der Waals surface area contributed by atoms with Crippen molar-refractivity contribution in [1.29, 1.82) is 0 Å². The molecule has 5 heteroatoms. The van der Waals surface area contributed by atoms with E-state index in [1.807, 2.05) is 6.07 Å². The van der Waals surface area contributed by atoms with E-state index in [4.69, 9.17) is 23.2 Å². The second kappa shape index (κ2) is 5.74. The Morgan fingerprint density at radius 1 is 1.22 bits per heavy atom. The third kappa shape index (κ3) is 3.25. The van der Waals surface area contributed by atoms with Gasteiger partial charge in [-0.3, -0.25) is 9.78 Å². The van der Waals surface area contributed by atoms with Gasteiger partial charge in [0.15, 0.2) is 5.78 Å². The van der Waals surface area contributed by atoms with E-state index in [-0.39, 0.29) is 5.78 Å². The largest absolute Gasteiger partial charge is 0.293 e. The number of aromatic nitrogens is 1. The van der Waals surface area contributed by atoms with Crippen LogP contribution in [-0.2, 0) is 0 Å². The van der Waals surface area contributed by atoms with E-state index < -0.39 is 0 Å². The quantitative estimate of drug-likeness (QED) is 0.766. The predicted molar refractivity (Wildman–Crippen MR) is 74.8 cm³/mol. The summed E-state index contributed by atoms with van der Waals surface area (Å²) in [6.07, 6.45) is 1.65. The Morgan fingerprint density at radius 2 is 2.00 bits per heavy atom. The Bertz CT molecular complexity index is 584. The van der Waals surface area contributed by atoms with Crippen LogP contribution in [0, 0.1) is 0 Å². The Morgan fingerprint density at radius 3 is 2.61 bits per heavy atom. The van der Waals surface area contributed by atoms with Gasteiger partial charge in [-0.1, -0.05) is 35.0 Å². The van der Waals surface area contributed by atoms with E-state index >= 15 is 0 Å². The van der Waals surface area contributed by atoms with Crippen LogP contribution in [0.25, 0.3) is 0 Å². The Kier molecular flexibility index (Phi) is 4.27. The van der Waals surface area contributed by atoms with E-state index in [9.17, 15) is 4.79 Å². The number of Topliss-reactive ketones (excluding diaryl/α,β-unsaturated/α-hetero) is 1. The van der Waals surface area contributed by atoms with Crippen molar-refractivity contribution in [1.82, 2.24) is 4.98 Å². The number of carbonyl (C=O) groups excluding carboxylic acids is 1. The monoisotopic (exact) mass is 297 g/mol. The molecule has 2 rings (SSSR count). The van der Waals surface area contributed by atoms with Crippen molar-refractivity contribution in [2.45, 2.75) is 16.7 Å². The van der Waals surface area contributed by atoms with Crippen molar-refractivity contribution in [2.75, 3.05) is 0 Å². The van der Waals surface area contributed by atoms with Crippen LogP contribution >= 0.6 is 35.0 Å². The lowest BCUT2D eigenvalue weighted by Crippen LogP contribution is -1.95. The predicted octanol–water partition coefficient (Wildman–Crippen LogP) is 4.74. The number of halogens is 2. The van der Waals surface area contributed by atoms with Crippen LogP contribution in [0.4, 0.5) is 0 Å². The minimum absolute atomic E-state index is 0.0488. The highest BCUT2D eigenvalue weighted by Gasteiger charge is 2.05. The van der Waals surface area contributed by atoms with Crippen molar-refractivity contribution in [3.8, 4) is 0 Å². The van der Waals surface area contributed by atoms with Crippen LogP contribution in [0.15, 0.2) is 46.3 Å². The standard InChI is InChI=1S/C13H9Cl2NOS/c1-8(17)12-5-3-10(7-16-12)18-13-6-9(14)2-4-11(13)15/h2-7H,1H3. The Balaban J connectivity index is 2.23. The molecule has 0 unspecified atom stereocenters. The summed E-state index contributed by atoms with van der Waals surface area (Å²) in [4.78, 5) is 17.0. The molecule has 0 aliphatic rings. The molecule has 0 atom stereocenters. The van der Waals surface area contributed by atoms with Crippen molar-refractivity contribution in [3.05, 3.63) is 52.3 Å². The van der Waals surface area contributed by atoms with Crippen molar-refractivity contribution < 1.29 is 4.79 Å². The molecule has 2 nitrogen and oxygen atoms in total. The van der Waals surface area contributed by atoms with Gasteiger partial charge in [-0.05, 0) is 30.3 Å². The first-order valence-corrected chi connectivity index (χ1v) is 6.73. The SMILES string of the molecule is CC(=O)c1ccc(Sc2cc(Cl)ccc2Cl)cn1. The van der Waals surface area contributed by atoms with Gasteiger partial charge in [-0.15, -0.1) is 0 Å². The van der Waals surface area contributed by atoms with Gasteiger partial charge in [0.2, 0.25) is 0 Å². The first-order valence-electron chi connectivity index (χ1n) is 5.16. The molecule has 0 aliphatic heterocycles. The lowest BCUT2D eigenvalue weighted by molar-refractivity contribution is 0.101. The highest BCUT2D eigenvalue weighted by Crippen LogP contribution is 2.34. The van der Waals surface area contributed by atoms with Crippen molar-refractivity contribution in [3.63, 3.8) is 0 Å². The number of ketones is 1. The van der Waals surface area contributed by atoms with Crippen molar-refractivity contribution in [2.24, 2.45) is 0 Å². The number of hydrogen-bond acceptors (Lipinski definition) is 3. The van der Waals surface area contributed by atoms with Crippen LogP contribution < -0.4 is 0 Å². The minimum atomic E-state index is -0.0488. The number of nitrogens with zero attached hydrogens (tertiary/aromatic N) is 1. The lowest BCUT2D eigenvalue weighted by Gasteiger charge is -2.04. The van der Waals surface area contributed by atoms with Crippen LogP contribution in [0.3, 0.4) is 0 Å². The summed E-state index contributed by atoms with van der Waals surface area (Å²) in [5.74, 6) is -0.0488. The van der Waals surface area contributed by atoms with Crippen LogP contribution in [-0.4, -0.2) is 10.8 Å². The first kappa shape index (κ1) is 13.4. The minimum Gasteiger partial charge on any atom is -0.293 e. The molecule has 1 aromatic heterocycles. The van der Waals surface area contributed by atoms with E-state index in [1.54, 1.807) is 30.5 Å². The molecular weight excluding hydrogens is 289 g/mol. The second-order valence-corrected chi connectivity index (χ2v) is 5.57. The zero-order chi connectivity index (χ0) is 13.1. The molecule has 0 saturated heterocycles. The maximum Gasteiger partial charge on any atom is 0.178 e. The summed E-state index contributed by atoms with van der Waals surface area (Å²) >= 11 is 13.5. The van der Waals surface area contributed by atoms with Crippen LogP contribution in [0.5, 0.6) is 0 Å². The fourth-order valence-electron chi connectivity index (χ4n) is 1.33. The van der Waals surface area contributed by atoms with E-state index in [2.05, 4.69) is 4.98 Å². The lowest BCUT2D eigenvalue weighted by atomic mass is 10.3. The maximum atomic E-state index is 11.1. The number of carbonyl (C=O) groups is 1. The van der Waals surface area contributed by atoms with Gasteiger partial charge in [0.25, 0.3) is 0 Å². The normalized spacial score (nSPS) is 10.4. The van der Waals surface area contributed by atoms with Crippen LogP contribution in [0.2, 0.25) is 10.0 Å². The van der Waals surface area contributed by atoms with Crippen LogP contribution in [0.1, 0.15) is 17.4 Å². The third-order valence-electron chi connectivity index (χ3n) is 2.22. The highest BCUT2D eigenvalue weighted by molar-refractivity contribution is 7.99. The van der Waals surface area contributed by atoms with E-state index in [0.29, 0.717) is 15.7 Å². The average Bonchev–Trinajstić information content (AvgIpc) is 2.34. The fourth-order valence-corrected chi connectivity index (χ4v) is 2.65. The second-order valence-electron chi connectivity index (χ2n) is 3.61. The van der Waals surface area contributed by atoms with E-state index in [1.165, 1.54) is 18.7 Å². The summed E-state index contributed by atoms with van der Waals surface area (Å²) in [5, 5.41) is 1.27. The highest BCUT2D eigenvalue weighted by atomic mass is 35.5. The zero-order valence-corrected chi connectivity index (χ0v) is 11.8. The molecule has 18 heavy (non-hydrogen) atoms. The summed E-state index contributed by atoms with van der Waals surface area (Å²) in [6, 6.07) is 8.83. The Hall–Kier alpha value is -1.03. The molecule has 1 aromatic carbocycles. The van der Waals surface area contributed by atoms with Gasteiger partial charge in [0.05, 0.1) is 5.02 Å². The molecule has 2 aromatic rings. The molecule has 0 spiro atoms. The first-order chi connectivity index (χ1) is 8.56. The van der Waals surface area contributed by atoms with Gasteiger partial charge in [0.1, 0.15) is 5.69 Å². The molecular formula is C13H9Cl2NOS. The number of benzene rings is 1. The molecule has 0 bridgehead atoms. The smallest absolute Gasteiger partial charge is 0.178 e. The maximum absolute atomic E-state index is 11.1. The summed E-state index contributed by atoms with van der Waals surface area (Å²) in [6.45, 7) is 1.49. The molecule has 0 aliphatic carbocycles. The molecule has 92 valence electrons. The summed E-state index contributed by atoms with van der Waals surface area (Å²) in [7, 11) is 0. The molecule has 0 saturated carbocycles. The number of rotatable bonds is 3. The molecule has 0 radical (unpaired) electrons. The fraction of sp³-hybridized carbons (Fsp3) is 0.0769. The number of pyridine rings is 1. The van der Waals surface area contributed by atoms with Gasteiger partial charge in [-0.2, -0.15) is 0 Å². The molecule has 0 fully saturated rings.